The predicted octanol–water partition coefficient (Wildman–Crippen LogP) is 2.82. The van der Waals surface area contributed by atoms with E-state index < -0.39 is 35.3 Å². The SMILES string of the molecule is Cc1cc(C2C3CCOCC3C(c3ccc(C#N)c(C(F)(F)F)c3)[NH+]2[O-])ccc1C(N)=O. The lowest BCUT2D eigenvalue weighted by Gasteiger charge is -2.32. The summed E-state index contributed by atoms with van der Waals surface area (Å²) in [7, 11) is 0. The molecule has 4 rings (SSSR count). The summed E-state index contributed by atoms with van der Waals surface area (Å²) in [4.78, 5) is 11.6. The number of halogens is 3. The highest BCUT2D eigenvalue weighted by atomic mass is 19.4. The van der Waals surface area contributed by atoms with Gasteiger partial charge in [-0.05, 0) is 43.2 Å². The topological polar surface area (TPSA) is 104 Å². The number of nitrogens with one attached hydrogen (secondary N) is 1. The Balaban J connectivity index is 1.78. The molecule has 0 aliphatic carbocycles. The Morgan fingerprint density at radius 1 is 1.19 bits per heavy atom. The van der Waals surface area contributed by atoms with Crippen LogP contribution < -0.4 is 10.8 Å². The van der Waals surface area contributed by atoms with Gasteiger partial charge in [-0.2, -0.15) is 18.4 Å². The number of amides is 1. The maximum Gasteiger partial charge on any atom is 0.417 e. The van der Waals surface area contributed by atoms with E-state index in [2.05, 4.69) is 0 Å². The normalized spacial score (nSPS) is 27.6. The summed E-state index contributed by atoms with van der Waals surface area (Å²) in [6, 6.07) is 8.83. The Morgan fingerprint density at radius 2 is 1.84 bits per heavy atom. The lowest BCUT2D eigenvalue weighted by molar-refractivity contribution is -0.902. The van der Waals surface area contributed by atoms with E-state index >= 15 is 0 Å². The fourth-order valence-electron chi connectivity index (χ4n) is 5.22. The average molecular weight is 445 g/mol. The van der Waals surface area contributed by atoms with Gasteiger partial charge in [-0.15, -0.1) is 0 Å². The fourth-order valence-corrected chi connectivity index (χ4v) is 5.22. The fraction of sp³-hybridized carbons (Fsp3) is 0.391. The molecule has 32 heavy (non-hydrogen) atoms. The van der Waals surface area contributed by atoms with E-state index in [9.17, 15) is 23.2 Å². The Morgan fingerprint density at radius 3 is 2.47 bits per heavy atom. The van der Waals surface area contributed by atoms with Gasteiger partial charge in [0.1, 0.15) is 12.1 Å². The average Bonchev–Trinajstić information content (AvgIpc) is 3.04. The first-order valence-corrected chi connectivity index (χ1v) is 10.3. The van der Waals surface area contributed by atoms with Gasteiger partial charge in [-0.3, -0.25) is 4.79 Å². The van der Waals surface area contributed by atoms with Gasteiger partial charge in [-0.25, -0.2) is 0 Å². The summed E-state index contributed by atoms with van der Waals surface area (Å²) in [5, 5.41) is 22.5. The summed E-state index contributed by atoms with van der Waals surface area (Å²) in [5.74, 6) is -0.928. The number of hydroxylamine groups is 2. The number of hydrogen-bond acceptors (Lipinski definition) is 4. The number of hydrogen-bond donors (Lipinski definition) is 2. The van der Waals surface area contributed by atoms with E-state index in [4.69, 9.17) is 15.7 Å². The molecule has 5 unspecified atom stereocenters. The highest BCUT2D eigenvalue weighted by molar-refractivity contribution is 5.94. The van der Waals surface area contributed by atoms with Crippen LogP contribution in [0.2, 0.25) is 0 Å². The van der Waals surface area contributed by atoms with Crippen LogP contribution in [0, 0.1) is 35.3 Å². The molecule has 0 saturated carbocycles. The first kappa shape index (κ1) is 22.3. The largest absolute Gasteiger partial charge is 0.633 e. The summed E-state index contributed by atoms with van der Waals surface area (Å²) < 4.78 is 46.2. The second kappa shape index (κ2) is 8.20. The van der Waals surface area contributed by atoms with Crippen LogP contribution in [0.1, 0.15) is 56.7 Å². The summed E-state index contributed by atoms with van der Waals surface area (Å²) >= 11 is 0. The number of aryl methyl sites for hydroxylation is 1. The van der Waals surface area contributed by atoms with Crippen molar-refractivity contribution in [1.29, 1.82) is 5.26 Å². The lowest BCUT2D eigenvalue weighted by Crippen LogP contribution is -3.06. The summed E-state index contributed by atoms with van der Waals surface area (Å²) in [6.07, 6.45) is -4.09. The molecule has 0 aromatic heterocycles. The molecule has 168 valence electrons. The number of nitriles is 1. The number of carbonyl (C=O) groups is 1. The number of ether oxygens (including phenoxy) is 1. The van der Waals surface area contributed by atoms with Gasteiger partial charge in [-0.1, -0.05) is 12.1 Å². The van der Waals surface area contributed by atoms with Crippen LogP contribution in [0.4, 0.5) is 13.2 Å². The lowest BCUT2D eigenvalue weighted by atomic mass is 9.79. The second-order valence-corrected chi connectivity index (χ2v) is 8.40. The van der Waals surface area contributed by atoms with Crippen LogP contribution in [0.25, 0.3) is 0 Å². The minimum Gasteiger partial charge on any atom is -0.633 e. The maximum absolute atomic E-state index is 13.6. The number of nitrogens with two attached hydrogens (primary N) is 1. The molecule has 2 aromatic carbocycles. The van der Waals surface area contributed by atoms with Crippen molar-refractivity contribution < 1.29 is 27.8 Å². The van der Waals surface area contributed by atoms with Crippen molar-refractivity contribution in [1.82, 2.24) is 0 Å². The first-order valence-electron chi connectivity index (χ1n) is 10.3. The number of nitrogens with zero attached hydrogens (tertiary/aromatic N) is 1. The number of benzene rings is 2. The third kappa shape index (κ3) is 3.75. The van der Waals surface area contributed by atoms with Crippen molar-refractivity contribution in [3.05, 3.63) is 75.0 Å². The summed E-state index contributed by atoms with van der Waals surface area (Å²) in [5.41, 5.74) is 5.85. The number of primary amides is 1. The van der Waals surface area contributed by atoms with E-state index in [0.717, 1.165) is 17.7 Å². The van der Waals surface area contributed by atoms with Gasteiger partial charge in [0, 0.05) is 35.1 Å². The van der Waals surface area contributed by atoms with Gasteiger partial charge in [0.05, 0.1) is 23.8 Å². The molecular weight excluding hydrogens is 423 g/mol. The quantitative estimate of drug-likeness (QED) is 0.709. The van der Waals surface area contributed by atoms with Gasteiger partial charge < -0.3 is 20.7 Å². The molecule has 2 aliphatic rings. The highest BCUT2D eigenvalue weighted by Gasteiger charge is 2.52. The van der Waals surface area contributed by atoms with E-state index in [1.807, 2.05) is 0 Å². The van der Waals surface area contributed by atoms with Crippen molar-refractivity contribution in [3.8, 4) is 6.07 Å². The number of fused-ring (bicyclic) bond motifs is 1. The van der Waals surface area contributed by atoms with E-state index in [0.29, 0.717) is 24.2 Å². The van der Waals surface area contributed by atoms with Gasteiger partial charge in [0.15, 0.2) is 0 Å². The molecule has 2 saturated heterocycles. The molecule has 9 heteroatoms. The molecule has 0 bridgehead atoms. The van der Waals surface area contributed by atoms with Gasteiger partial charge >= 0.3 is 6.18 Å². The standard InChI is InChI=1S/C23H22F3N3O3/c1-12-8-13(4-5-16(12)22(28)30)20-17-6-7-32-11-18(17)21(29(20)31)14-2-3-15(10-27)19(9-14)23(24,25)26/h2-5,8-9,17-18,20-21,29H,6-7,11H2,1H3,(H2,28,30). The number of quaternary nitrogens is 1. The molecule has 0 spiro atoms. The molecule has 0 radical (unpaired) electrons. The molecule has 1 amide bonds. The summed E-state index contributed by atoms with van der Waals surface area (Å²) in [6.45, 7) is 2.48. The molecule has 6 nitrogen and oxygen atoms in total. The van der Waals surface area contributed by atoms with Crippen molar-refractivity contribution in [2.24, 2.45) is 17.6 Å². The van der Waals surface area contributed by atoms with Gasteiger partial charge in [0.25, 0.3) is 0 Å². The Labute approximate surface area is 183 Å². The smallest absolute Gasteiger partial charge is 0.417 e. The third-order valence-electron chi connectivity index (χ3n) is 6.63. The van der Waals surface area contributed by atoms with Gasteiger partial charge in [0.2, 0.25) is 5.91 Å². The molecule has 2 aliphatic heterocycles. The first-order chi connectivity index (χ1) is 15.1. The third-order valence-corrected chi connectivity index (χ3v) is 6.63. The minimum atomic E-state index is -4.70. The van der Waals surface area contributed by atoms with Crippen LogP contribution >= 0.6 is 0 Å². The number of alkyl halides is 3. The molecule has 3 N–H and O–H groups in total. The monoisotopic (exact) mass is 445 g/mol. The van der Waals surface area contributed by atoms with Crippen molar-refractivity contribution in [3.63, 3.8) is 0 Å². The Hall–Kier alpha value is -2.93. The van der Waals surface area contributed by atoms with Crippen LogP contribution in [0.15, 0.2) is 36.4 Å². The molecule has 5 atom stereocenters. The molecule has 2 fully saturated rings. The predicted molar refractivity (Wildman–Crippen MR) is 108 cm³/mol. The van der Waals surface area contributed by atoms with Crippen LogP contribution in [0.5, 0.6) is 0 Å². The minimum absolute atomic E-state index is 0.0925. The second-order valence-electron chi connectivity index (χ2n) is 8.40. The van der Waals surface area contributed by atoms with E-state index in [1.165, 1.54) is 6.07 Å². The highest BCUT2D eigenvalue weighted by Crippen LogP contribution is 2.45. The number of rotatable bonds is 3. The molecular formula is C23H22F3N3O3. The molecule has 2 aromatic rings. The van der Waals surface area contributed by atoms with E-state index in [-0.39, 0.29) is 29.1 Å². The van der Waals surface area contributed by atoms with Crippen molar-refractivity contribution >= 4 is 5.91 Å². The van der Waals surface area contributed by atoms with Crippen LogP contribution in [-0.2, 0) is 10.9 Å². The van der Waals surface area contributed by atoms with Crippen LogP contribution in [0.3, 0.4) is 0 Å². The van der Waals surface area contributed by atoms with Crippen molar-refractivity contribution in [2.75, 3.05) is 13.2 Å². The molecule has 2 heterocycles. The van der Waals surface area contributed by atoms with Crippen LogP contribution in [-0.4, -0.2) is 19.1 Å². The zero-order valence-electron chi connectivity index (χ0n) is 17.3. The van der Waals surface area contributed by atoms with E-state index in [1.54, 1.807) is 31.2 Å². The maximum atomic E-state index is 13.6. The zero-order chi connectivity index (χ0) is 23.2. The Kier molecular flexibility index (Phi) is 5.71. The number of carbonyl (C=O) groups excluding carboxylic acids is 1. The Bertz CT molecular complexity index is 1100. The van der Waals surface area contributed by atoms with Crippen molar-refractivity contribution in [2.45, 2.75) is 31.6 Å². The zero-order valence-corrected chi connectivity index (χ0v) is 17.3.